The lowest BCUT2D eigenvalue weighted by Gasteiger charge is -2.21. The van der Waals surface area contributed by atoms with Crippen molar-refractivity contribution in [2.24, 2.45) is 5.92 Å². The Hall–Kier alpha value is -3.55. The molecular formula is C25H32N4O4. The molecule has 1 aromatic heterocycles. The van der Waals surface area contributed by atoms with Crippen molar-refractivity contribution in [3.8, 4) is 22.9 Å². The van der Waals surface area contributed by atoms with Gasteiger partial charge in [0.25, 0.3) is 0 Å². The number of benzene rings is 2. The van der Waals surface area contributed by atoms with Gasteiger partial charge in [-0.3, -0.25) is 0 Å². The van der Waals surface area contributed by atoms with E-state index in [1.165, 1.54) is 5.56 Å². The van der Waals surface area contributed by atoms with Gasteiger partial charge in [0, 0.05) is 11.3 Å². The fourth-order valence-corrected chi connectivity index (χ4v) is 3.40. The first-order chi connectivity index (χ1) is 15.9. The monoisotopic (exact) mass is 452 g/mol. The van der Waals surface area contributed by atoms with Gasteiger partial charge in [0.05, 0.1) is 14.2 Å². The van der Waals surface area contributed by atoms with Crippen molar-refractivity contribution >= 4 is 11.7 Å². The van der Waals surface area contributed by atoms with Crippen molar-refractivity contribution in [2.45, 2.75) is 46.1 Å². The quantitative estimate of drug-likeness (QED) is 0.427. The molecule has 2 amide bonds. The summed E-state index contributed by atoms with van der Waals surface area (Å²) in [6.45, 7) is 8.34. The van der Waals surface area contributed by atoms with Crippen molar-refractivity contribution < 1.29 is 18.8 Å². The summed E-state index contributed by atoms with van der Waals surface area (Å²) in [5.74, 6) is 2.45. The van der Waals surface area contributed by atoms with Gasteiger partial charge < -0.3 is 24.6 Å². The smallest absolute Gasteiger partial charge is 0.319 e. The van der Waals surface area contributed by atoms with Crippen molar-refractivity contribution in [1.29, 1.82) is 0 Å². The first-order valence-electron chi connectivity index (χ1n) is 11.1. The molecule has 176 valence electrons. The van der Waals surface area contributed by atoms with E-state index in [2.05, 4.69) is 34.6 Å². The van der Waals surface area contributed by atoms with Crippen LogP contribution in [0.15, 0.2) is 47.0 Å². The largest absolute Gasteiger partial charge is 0.493 e. The van der Waals surface area contributed by atoms with E-state index in [1.807, 2.05) is 44.2 Å². The number of hydrogen-bond acceptors (Lipinski definition) is 6. The lowest BCUT2D eigenvalue weighted by Crippen LogP contribution is -2.36. The number of urea groups is 1. The molecule has 2 N–H and O–H groups in total. The van der Waals surface area contributed by atoms with E-state index in [4.69, 9.17) is 14.0 Å². The Morgan fingerprint density at radius 1 is 1.03 bits per heavy atom. The zero-order chi connectivity index (χ0) is 24.0. The van der Waals surface area contributed by atoms with Crippen LogP contribution in [-0.2, 0) is 0 Å². The maximum absolute atomic E-state index is 12.7. The molecule has 0 saturated carbocycles. The Morgan fingerprint density at radius 2 is 1.73 bits per heavy atom. The number of hydrogen-bond donors (Lipinski definition) is 2. The summed E-state index contributed by atoms with van der Waals surface area (Å²) in [5, 5.41) is 9.99. The standard InChI is InChI=1S/C25H32N4O4/c1-7-16(4)22(27-25(30)26-19-11-8-17(9-12-19)15(2)3)24-28-23(29-33-24)18-10-13-20(31-5)21(14-18)32-6/h8-16,22H,7H2,1-6H3,(H2,26,27,30)/t16-,22+/m0/s1. The Balaban J connectivity index is 1.77. The summed E-state index contributed by atoms with van der Waals surface area (Å²) in [6.07, 6.45) is 0.822. The summed E-state index contributed by atoms with van der Waals surface area (Å²) in [4.78, 5) is 17.3. The molecule has 0 spiro atoms. The molecule has 3 rings (SSSR count). The van der Waals surface area contributed by atoms with E-state index in [-0.39, 0.29) is 11.9 Å². The molecule has 0 aliphatic rings. The minimum Gasteiger partial charge on any atom is -0.493 e. The molecule has 0 unspecified atom stereocenters. The molecule has 8 nitrogen and oxygen atoms in total. The molecular weight excluding hydrogens is 420 g/mol. The molecule has 0 fully saturated rings. The van der Waals surface area contributed by atoms with E-state index in [0.29, 0.717) is 29.1 Å². The summed E-state index contributed by atoms with van der Waals surface area (Å²) in [7, 11) is 3.15. The van der Waals surface area contributed by atoms with E-state index >= 15 is 0 Å². The van der Waals surface area contributed by atoms with E-state index < -0.39 is 6.04 Å². The highest BCUT2D eigenvalue weighted by Gasteiger charge is 2.27. The second kappa shape index (κ2) is 10.8. The molecule has 0 saturated heterocycles. The van der Waals surface area contributed by atoms with Crippen LogP contribution < -0.4 is 20.1 Å². The Kier molecular flexibility index (Phi) is 7.92. The predicted octanol–water partition coefficient (Wildman–Crippen LogP) is 5.79. The molecule has 2 atom stereocenters. The van der Waals surface area contributed by atoms with Crippen LogP contribution in [0.5, 0.6) is 11.5 Å². The second-order valence-electron chi connectivity index (χ2n) is 8.26. The summed E-state index contributed by atoms with van der Waals surface area (Å²) in [6, 6.07) is 12.5. The molecule has 33 heavy (non-hydrogen) atoms. The average Bonchev–Trinajstić information content (AvgIpc) is 3.31. The third-order valence-corrected chi connectivity index (χ3v) is 5.68. The molecule has 0 radical (unpaired) electrons. The van der Waals surface area contributed by atoms with Gasteiger partial charge in [0.2, 0.25) is 11.7 Å². The van der Waals surface area contributed by atoms with Gasteiger partial charge in [-0.2, -0.15) is 4.98 Å². The highest BCUT2D eigenvalue weighted by atomic mass is 16.5. The van der Waals surface area contributed by atoms with Gasteiger partial charge in [-0.05, 0) is 47.7 Å². The lowest BCUT2D eigenvalue weighted by molar-refractivity contribution is 0.232. The van der Waals surface area contributed by atoms with Crippen LogP contribution in [0, 0.1) is 5.92 Å². The number of nitrogens with one attached hydrogen (secondary N) is 2. The normalized spacial score (nSPS) is 12.8. The Bertz CT molecular complexity index is 1060. The number of anilines is 1. The van der Waals surface area contributed by atoms with Gasteiger partial charge in [0.15, 0.2) is 11.5 Å². The van der Waals surface area contributed by atoms with Crippen LogP contribution in [0.1, 0.15) is 57.5 Å². The zero-order valence-electron chi connectivity index (χ0n) is 20.0. The molecule has 8 heteroatoms. The van der Waals surface area contributed by atoms with Crippen LogP contribution in [0.4, 0.5) is 10.5 Å². The van der Waals surface area contributed by atoms with Crippen molar-refractivity contribution in [2.75, 3.05) is 19.5 Å². The van der Waals surface area contributed by atoms with Crippen LogP contribution in [0.2, 0.25) is 0 Å². The topological polar surface area (TPSA) is 98.5 Å². The van der Waals surface area contributed by atoms with Crippen LogP contribution in [0.3, 0.4) is 0 Å². The highest BCUT2D eigenvalue weighted by molar-refractivity contribution is 5.89. The molecule has 0 bridgehead atoms. The van der Waals surface area contributed by atoms with Gasteiger partial charge in [-0.25, -0.2) is 4.79 Å². The van der Waals surface area contributed by atoms with E-state index in [1.54, 1.807) is 26.4 Å². The fourth-order valence-electron chi connectivity index (χ4n) is 3.40. The SMILES string of the molecule is CC[C@H](C)[C@@H](NC(=O)Nc1ccc(C(C)C)cc1)c1nc(-c2ccc(OC)c(OC)c2)no1. The van der Waals surface area contributed by atoms with Gasteiger partial charge in [-0.15, -0.1) is 0 Å². The third-order valence-electron chi connectivity index (χ3n) is 5.68. The van der Waals surface area contributed by atoms with Crippen LogP contribution in [-0.4, -0.2) is 30.4 Å². The number of rotatable bonds is 9. The molecule has 0 aliphatic heterocycles. The summed E-state index contributed by atoms with van der Waals surface area (Å²) in [5.41, 5.74) is 2.66. The molecule has 3 aromatic rings. The van der Waals surface area contributed by atoms with Crippen LogP contribution >= 0.6 is 0 Å². The van der Waals surface area contributed by atoms with E-state index in [0.717, 1.165) is 17.7 Å². The first-order valence-corrected chi connectivity index (χ1v) is 11.1. The summed E-state index contributed by atoms with van der Waals surface area (Å²) >= 11 is 0. The number of amides is 2. The van der Waals surface area contributed by atoms with Crippen LogP contribution in [0.25, 0.3) is 11.4 Å². The van der Waals surface area contributed by atoms with Crippen molar-refractivity contribution in [1.82, 2.24) is 15.5 Å². The lowest BCUT2D eigenvalue weighted by atomic mass is 9.99. The highest BCUT2D eigenvalue weighted by Crippen LogP contribution is 2.32. The Morgan fingerprint density at radius 3 is 2.33 bits per heavy atom. The maximum Gasteiger partial charge on any atom is 0.319 e. The number of carbonyl (C=O) groups excluding carboxylic acids is 1. The summed E-state index contributed by atoms with van der Waals surface area (Å²) < 4.78 is 16.2. The van der Waals surface area contributed by atoms with Gasteiger partial charge in [0.1, 0.15) is 6.04 Å². The Labute approximate surface area is 194 Å². The number of carbonyl (C=O) groups is 1. The molecule has 1 heterocycles. The number of nitrogens with zero attached hydrogens (tertiary/aromatic N) is 2. The number of ether oxygens (including phenoxy) is 2. The first kappa shape index (κ1) is 24.1. The predicted molar refractivity (Wildman–Crippen MR) is 128 cm³/mol. The van der Waals surface area contributed by atoms with Crippen molar-refractivity contribution in [3.63, 3.8) is 0 Å². The van der Waals surface area contributed by atoms with Gasteiger partial charge >= 0.3 is 6.03 Å². The minimum atomic E-state index is -0.439. The molecule has 0 aliphatic carbocycles. The fraction of sp³-hybridized carbons (Fsp3) is 0.400. The van der Waals surface area contributed by atoms with E-state index in [9.17, 15) is 4.79 Å². The van der Waals surface area contributed by atoms with Crippen molar-refractivity contribution in [3.05, 3.63) is 53.9 Å². The minimum absolute atomic E-state index is 0.0813. The number of methoxy groups -OCH3 is 2. The maximum atomic E-state index is 12.7. The zero-order valence-corrected chi connectivity index (χ0v) is 20.0. The number of aromatic nitrogens is 2. The average molecular weight is 453 g/mol. The van der Waals surface area contributed by atoms with Gasteiger partial charge in [-0.1, -0.05) is 51.4 Å². The third kappa shape index (κ3) is 5.83. The molecule has 2 aromatic carbocycles. The second-order valence-corrected chi connectivity index (χ2v) is 8.26.